The van der Waals surface area contributed by atoms with Gasteiger partial charge in [-0.3, -0.25) is 4.79 Å². The van der Waals surface area contributed by atoms with Gasteiger partial charge in [0, 0.05) is 32.4 Å². The van der Waals surface area contributed by atoms with E-state index < -0.39 is 0 Å². The van der Waals surface area contributed by atoms with Gasteiger partial charge in [-0.25, -0.2) is 9.37 Å². The normalized spacial score (nSPS) is 17.7. The first-order valence-electron chi connectivity index (χ1n) is 7.38. The van der Waals surface area contributed by atoms with Crippen molar-refractivity contribution in [2.45, 2.75) is 6.42 Å². The zero-order valence-electron chi connectivity index (χ0n) is 12.5. The molecular weight excluding hydrogens is 283 g/mol. The van der Waals surface area contributed by atoms with Crippen molar-refractivity contribution < 1.29 is 9.18 Å². The van der Waals surface area contributed by atoms with Crippen LogP contribution in [0.4, 0.5) is 10.1 Å². The Bertz CT molecular complexity index is 652. The number of nitrogens with zero attached hydrogens (tertiary/aromatic N) is 3. The number of aromatic nitrogens is 2. The third-order valence-corrected chi connectivity index (χ3v) is 4.08. The highest BCUT2D eigenvalue weighted by Gasteiger charge is 2.23. The lowest BCUT2D eigenvalue weighted by Crippen LogP contribution is -2.32. The van der Waals surface area contributed by atoms with E-state index in [2.05, 4.69) is 15.2 Å². The maximum atomic E-state index is 13.0. The predicted octanol–water partition coefficient (Wildman–Crippen LogP) is 1.82. The van der Waals surface area contributed by atoms with Crippen molar-refractivity contribution in [2.24, 2.45) is 13.0 Å². The van der Waals surface area contributed by atoms with Crippen molar-refractivity contribution in [3.05, 3.63) is 48.3 Å². The molecule has 3 rings (SSSR count). The second-order valence-electron chi connectivity index (χ2n) is 5.68. The summed E-state index contributed by atoms with van der Waals surface area (Å²) >= 11 is 0. The maximum absolute atomic E-state index is 13.0. The highest BCUT2D eigenvalue weighted by atomic mass is 19.1. The SMILES string of the molecule is Cn1cncc1C(=O)NC[C@H]1CCN(c2ccc(F)cc2)C1. The van der Waals surface area contributed by atoms with Crippen molar-refractivity contribution in [1.82, 2.24) is 14.9 Å². The molecule has 116 valence electrons. The molecule has 1 aliphatic heterocycles. The van der Waals surface area contributed by atoms with E-state index in [1.807, 2.05) is 0 Å². The van der Waals surface area contributed by atoms with Crippen LogP contribution in [0.15, 0.2) is 36.8 Å². The van der Waals surface area contributed by atoms with Crippen LogP contribution in [0.1, 0.15) is 16.9 Å². The van der Waals surface area contributed by atoms with Crippen molar-refractivity contribution >= 4 is 11.6 Å². The number of halogens is 1. The van der Waals surface area contributed by atoms with Gasteiger partial charge in [0.25, 0.3) is 5.91 Å². The fourth-order valence-electron chi connectivity index (χ4n) is 2.79. The van der Waals surface area contributed by atoms with E-state index in [1.54, 1.807) is 36.3 Å². The summed E-state index contributed by atoms with van der Waals surface area (Å²) in [5, 5.41) is 2.96. The summed E-state index contributed by atoms with van der Waals surface area (Å²) < 4.78 is 14.7. The Morgan fingerprint density at radius 2 is 2.18 bits per heavy atom. The summed E-state index contributed by atoms with van der Waals surface area (Å²) in [7, 11) is 1.80. The van der Waals surface area contributed by atoms with E-state index in [0.29, 0.717) is 18.2 Å². The standard InChI is InChI=1S/C16H19FN4O/c1-20-11-18-9-15(20)16(22)19-8-12-6-7-21(10-12)14-4-2-13(17)3-5-14/h2-5,9,11-12H,6-8,10H2,1H3,(H,19,22)/t12-/m1/s1. The molecule has 1 saturated heterocycles. The zero-order chi connectivity index (χ0) is 15.5. The number of hydrogen-bond donors (Lipinski definition) is 1. The molecule has 5 nitrogen and oxygen atoms in total. The minimum Gasteiger partial charge on any atom is -0.371 e. The average molecular weight is 302 g/mol. The van der Waals surface area contributed by atoms with Crippen LogP contribution in [-0.2, 0) is 7.05 Å². The molecule has 1 aromatic heterocycles. The molecule has 0 radical (unpaired) electrons. The van der Waals surface area contributed by atoms with Gasteiger partial charge in [0.2, 0.25) is 0 Å². The molecule has 0 spiro atoms. The van der Waals surface area contributed by atoms with Gasteiger partial charge in [0.05, 0.1) is 12.5 Å². The molecule has 0 bridgehead atoms. The number of imidazole rings is 1. The Hall–Kier alpha value is -2.37. The zero-order valence-corrected chi connectivity index (χ0v) is 12.5. The van der Waals surface area contributed by atoms with E-state index in [1.165, 1.54) is 12.1 Å². The quantitative estimate of drug-likeness (QED) is 0.937. The minimum atomic E-state index is -0.220. The van der Waals surface area contributed by atoms with Gasteiger partial charge < -0.3 is 14.8 Å². The van der Waals surface area contributed by atoms with E-state index in [-0.39, 0.29) is 11.7 Å². The molecule has 2 aromatic rings. The Morgan fingerprint density at radius 1 is 1.41 bits per heavy atom. The van der Waals surface area contributed by atoms with Crippen molar-refractivity contribution in [3.8, 4) is 0 Å². The molecule has 1 amide bonds. The van der Waals surface area contributed by atoms with Gasteiger partial charge >= 0.3 is 0 Å². The molecule has 22 heavy (non-hydrogen) atoms. The summed E-state index contributed by atoms with van der Waals surface area (Å²) in [6, 6.07) is 6.55. The van der Waals surface area contributed by atoms with Gasteiger partial charge in [0.15, 0.2) is 0 Å². The van der Waals surface area contributed by atoms with Crippen LogP contribution in [0.2, 0.25) is 0 Å². The lowest BCUT2D eigenvalue weighted by Gasteiger charge is -2.18. The number of carbonyl (C=O) groups is 1. The summed E-state index contributed by atoms with van der Waals surface area (Å²) in [6.07, 6.45) is 4.19. The average Bonchev–Trinajstić information content (AvgIpc) is 3.14. The van der Waals surface area contributed by atoms with Crippen LogP contribution in [-0.4, -0.2) is 35.1 Å². The summed E-state index contributed by atoms with van der Waals surface area (Å²) in [4.78, 5) is 18.2. The number of benzene rings is 1. The highest BCUT2D eigenvalue weighted by Crippen LogP contribution is 2.23. The first-order valence-corrected chi connectivity index (χ1v) is 7.38. The van der Waals surface area contributed by atoms with Crippen LogP contribution in [0.5, 0.6) is 0 Å². The molecule has 0 aliphatic carbocycles. The number of amides is 1. The molecule has 1 fully saturated rings. The minimum absolute atomic E-state index is 0.0970. The van der Waals surface area contributed by atoms with E-state index >= 15 is 0 Å². The molecule has 1 aromatic carbocycles. The number of aryl methyl sites for hydroxylation is 1. The lowest BCUT2D eigenvalue weighted by molar-refractivity contribution is 0.0940. The Balaban J connectivity index is 1.52. The number of anilines is 1. The fourth-order valence-corrected chi connectivity index (χ4v) is 2.79. The first kappa shape index (κ1) is 14.6. The Labute approximate surface area is 128 Å². The smallest absolute Gasteiger partial charge is 0.269 e. The van der Waals surface area contributed by atoms with E-state index in [0.717, 1.165) is 25.2 Å². The topological polar surface area (TPSA) is 50.2 Å². The van der Waals surface area contributed by atoms with Crippen LogP contribution >= 0.6 is 0 Å². The molecule has 0 unspecified atom stereocenters. The van der Waals surface area contributed by atoms with Crippen LogP contribution in [0.25, 0.3) is 0 Å². The van der Waals surface area contributed by atoms with E-state index in [4.69, 9.17) is 0 Å². The second-order valence-corrected chi connectivity index (χ2v) is 5.68. The first-order chi connectivity index (χ1) is 10.6. The number of carbonyl (C=O) groups excluding carboxylic acids is 1. The third-order valence-electron chi connectivity index (χ3n) is 4.08. The Kier molecular flexibility index (Phi) is 4.09. The molecule has 1 aliphatic rings. The van der Waals surface area contributed by atoms with Gasteiger partial charge in [-0.2, -0.15) is 0 Å². The molecular formula is C16H19FN4O. The van der Waals surface area contributed by atoms with Crippen molar-refractivity contribution in [1.29, 1.82) is 0 Å². The summed E-state index contributed by atoms with van der Waals surface area (Å²) in [5.74, 6) is 0.0883. The molecule has 1 atom stereocenters. The lowest BCUT2D eigenvalue weighted by atomic mass is 10.1. The molecule has 6 heteroatoms. The molecule has 1 N–H and O–H groups in total. The van der Waals surface area contributed by atoms with Crippen LogP contribution in [0.3, 0.4) is 0 Å². The molecule has 0 saturated carbocycles. The fraction of sp³-hybridized carbons (Fsp3) is 0.375. The summed E-state index contributed by atoms with van der Waals surface area (Å²) in [6.45, 7) is 2.44. The van der Waals surface area contributed by atoms with Gasteiger partial charge in [-0.15, -0.1) is 0 Å². The molecule has 2 heterocycles. The number of nitrogens with one attached hydrogen (secondary N) is 1. The summed E-state index contributed by atoms with van der Waals surface area (Å²) in [5.41, 5.74) is 1.59. The van der Waals surface area contributed by atoms with Gasteiger partial charge in [0.1, 0.15) is 11.5 Å². The van der Waals surface area contributed by atoms with Crippen LogP contribution < -0.4 is 10.2 Å². The highest BCUT2D eigenvalue weighted by molar-refractivity contribution is 5.92. The second kappa shape index (κ2) is 6.17. The largest absolute Gasteiger partial charge is 0.371 e. The van der Waals surface area contributed by atoms with Crippen molar-refractivity contribution in [2.75, 3.05) is 24.5 Å². The predicted molar refractivity (Wildman–Crippen MR) is 82.3 cm³/mol. The maximum Gasteiger partial charge on any atom is 0.269 e. The number of rotatable bonds is 4. The monoisotopic (exact) mass is 302 g/mol. The Morgan fingerprint density at radius 3 is 2.86 bits per heavy atom. The van der Waals surface area contributed by atoms with Crippen LogP contribution in [0, 0.1) is 11.7 Å². The van der Waals surface area contributed by atoms with Gasteiger partial charge in [-0.05, 0) is 36.6 Å². The van der Waals surface area contributed by atoms with Gasteiger partial charge in [-0.1, -0.05) is 0 Å². The number of hydrogen-bond acceptors (Lipinski definition) is 3. The van der Waals surface area contributed by atoms with E-state index in [9.17, 15) is 9.18 Å². The third kappa shape index (κ3) is 3.10. The van der Waals surface area contributed by atoms with Crippen molar-refractivity contribution in [3.63, 3.8) is 0 Å².